The molecule has 0 saturated carbocycles. The van der Waals surface area contributed by atoms with Gasteiger partial charge < -0.3 is 14.5 Å². The first kappa shape index (κ1) is 18.7. The number of amides is 1. The second-order valence-electron chi connectivity index (χ2n) is 6.28. The first-order chi connectivity index (χ1) is 14.0. The quantitative estimate of drug-likeness (QED) is 0.366. The van der Waals surface area contributed by atoms with Gasteiger partial charge in [-0.2, -0.15) is 0 Å². The molecule has 6 nitrogen and oxygen atoms in total. The number of nitrogens with zero attached hydrogens (tertiary/aromatic N) is 1. The van der Waals surface area contributed by atoms with Crippen molar-refractivity contribution in [2.45, 2.75) is 6.92 Å². The maximum Gasteiger partial charge on any atom is 0.308 e. The number of nitrogens with one attached hydrogen (secondary N) is 1. The second kappa shape index (κ2) is 7.77. The number of aromatic nitrogens is 1. The number of benzene rings is 3. The van der Waals surface area contributed by atoms with Crippen molar-refractivity contribution in [1.82, 2.24) is 4.98 Å². The number of anilines is 1. The van der Waals surface area contributed by atoms with Gasteiger partial charge in [0.2, 0.25) is 5.89 Å². The van der Waals surface area contributed by atoms with Crippen molar-refractivity contribution < 1.29 is 18.7 Å². The summed E-state index contributed by atoms with van der Waals surface area (Å²) in [5.41, 5.74) is 3.08. The van der Waals surface area contributed by atoms with Crippen LogP contribution >= 0.6 is 11.6 Å². The number of hydrogen-bond donors (Lipinski definition) is 1. The monoisotopic (exact) mass is 406 g/mol. The van der Waals surface area contributed by atoms with Gasteiger partial charge in [-0.15, -0.1) is 0 Å². The topological polar surface area (TPSA) is 81.4 Å². The van der Waals surface area contributed by atoms with Crippen molar-refractivity contribution >= 4 is 40.3 Å². The van der Waals surface area contributed by atoms with Crippen molar-refractivity contribution in [3.8, 4) is 17.2 Å². The fourth-order valence-corrected chi connectivity index (χ4v) is 2.96. The summed E-state index contributed by atoms with van der Waals surface area (Å²) in [5.74, 6) is 0.0219. The average Bonchev–Trinajstić information content (AvgIpc) is 3.11. The van der Waals surface area contributed by atoms with Gasteiger partial charge in [0, 0.05) is 28.8 Å². The summed E-state index contributed by atoms with van der Waals surface area (Å²) in [6.45, 7) is 1.31. The van der Waals surface area contributed by atoms with Gasteiger partial charge in [0.05, 0.1) is 0 Å². The number of oxazole rings is 1. The molecule has 4 rings (SSSR count). The highest BCUT2D eigenvalue weighted by Crippen LogP contribution is 2.27. The van der Waals surface area contributed by atoms with Gasteiger partial charge in [0.15, 0.2) is 5.58 Å². The molecule has 0 aliphatic carbocycles. The predicted molar refractivity (Wildman–Crippen MR) is 110 cm³/mol. The van der Waals surface area contributed by atoms with Crippen molar-refractivity contribution in [3.63, 3.8) is 0 Å². The molecular weight excluding hydrogens is 392 g/mol. The van der Waals surface area contributed by atoms with Crippen molar-refractivity contribution in [1.29, 1.82) is 0 Å². The number of esters is 1. The molecule has 1 heterocycles. The number of carbonyl (C=O) groups excluding carboxylic acids is 2. The molecule has 0 bridgehead atoms. The Morgan fingerprint density at radius 1 is 1.03 bits per heavy atom. The van der Waals surface area contributed by atoms with Crippen LogP contribution in [-0.4, -0.2) is 16.9 Å². The largest absolute Gasteiger partial charge is 0.436 e. The van der Waals surface area contributed by atoms with E-state index in [9.17, 15) is 9.59 Å². The van der Waals surface area contributed by atoms with Gasteiger partial charge in [-0.25, -0.2) is 4.98 Å². The molecule has 1 N–H and O–H groups in total. The van der Waals surface area contributed by atoms with Crippen LogP contribution in [0.2, 0.25) is 5.02 Å². The normalized spacial score (nSPS) is 10.7. The molecule has 0 radical (unpaired) electrons. The highest BCUT2D eigenvalue weighted by atomic mass is 35.5. The number of carbonyl (C=O) groups is 2. The first-order valence-electron chi connectivity index (χ1n) is 8.74. The minimum atomic E-state index is -0.445. The Bertz CT molecular complexity index is 1220. The van der Waals surface area contributed by atoms with E-state index in [4.69, 9.17) is 20.8 Å². The molecular formula is C22H15ClN2O4. The van der Waals surface area contributed by atoms with Crippen molar-refractivity contribution in [2.24, 2.45) is 0 Å². The van der Waals surface area contributed by atoms with E-state index in [0.717, 1.165) is 5.56 Å². The Hall–Kier alpha value is -3.64. The van der Waals surface area contributed by atoms with Gasteiger partial charge in [0.1, 0.15) is 11.3 Å². The van der Waals surface area contributed by atoms with Crippen LogP contribution in [0.5, 0.6) is 5.75 Å². The number of ether oxygens (including phenoxy) is 1. The van der Waals surface area contributed by atoms with Crippen molar-refractivity contribution in [2.75, 3.05) is 5.32 Å². The van der Waals surface area contributed by atoms with E-state index in [1.54, 1.807) is 60.7 Å². The van der Waals surface area contributed by atoms with Crippen LogP contribution in [0.25, 0.3) is 22.6 Å². The van der Waals surface area contributed by atoms with Crippen LogP contribution in [0, 0.1) is 0 Å². The van der Waals surface area contributed by atoms with Crippen molar-refractivity contribution in [3.05, 3.63) is 77.3 Å². The summed E-state index contributed by atoms with van der Waals surface area (Å²) in [6.07, 6.45) is 0. The van der Waals surface area contributed by atoms with Crippen LogP contribution in [-0.2, 0) is 4.79 Å². The summed E-state index contributed by atoms with van der Waals surface area (Å²) in [7, 11) is 0. The van der Waals surface area contributed by atoms with E-state index in [1.165, 1.54) is 13.0 Å². The summed E-state index contributed by atoms with van der Waals surface area (Å²) >= 11 is 5.98. The number of rotatable bonds is 4. The zero-order valence-electron chi connectivity index (χ0n) is 15.3. The summed E-state index contributed by atoms with van der Waals surface area (Å²) in [4.78, 5) is 28.0. The van der Waals surface area contributed by atoms with Crippen LogP contribution in [0.3, 0.4) is 0 Å². The molecule has 0 aliphatic rings. The molecule has 144 valence electrons. The predicted octanol–water partition coefficient (Wildman–Crippen LogP) is 5.33. The Balaban J connectivity index is 1.50. The zero-order valence-corrected chi connectivity index (χ0v) is 16.1. The third kappa shape index (κ3) is 4.28. The van der Waals surface area contributed by atoms with Crippen LogP contribution in [0.15, 0.2) is 71.1 Å². The zero-order chi connectivity index (χ0) is 20.4. The summed E-state index contributed by atoms with van der Waals surface area (Å²) in [5, 5.41) is 3.39. The van der Waals surface area contributed by atoms with Gasteiger partial charge in [-0.1, -0.05) is 17.7 Å². The lowest BCUT2D eigenvalue weighted by Crippen LogP contribution is -2.12. The fourth-order valence-electron chi connectivity index (χ4n) is 2.79. The minimum absolute atomic E-state index is 0.316. The molecule has 0 saturated heterocycles. The molecule has 7 heteroatoms. The maximum absolute atomic E-state index is 12.5. The molecule has 3 aromatic carbocycles. The van der Waals surface area contributed by atoms with E-state index >= 15 is 0 Å². The minimum Gasteiger partial charge on any atom is -0.436 e. The standard InChI is InChI=1S/C22H15ClN2O4/c1-13(26)28-18-4-2-3-15(11-18)21(27)24-17-8-5-14(6-9-17)22-25-19-12-16(23)7-10-20(19)29-22/h2-12H,1H3,(H,24,27). The van der Waals surface area contributed by atoms with E-state index in [2.05, 4.69) is 10.3 Å². The number of halogens is 1. The lowest BCUT2D eigenvalue weighted by molar-refractivity contribution is -0.131. The summed E-state index contributed by atoms with van der Waals surface area (Å²) in [6, 6.07) is 18.8. The number of hydrogen-bond acceptors (Lipinski definition) is 5. The SMILES string of the molecule is CC(=O)Oc1cccc(C(=O)Nc2ccc(-c3nc4cc(Cl)ccc4o3)cc2)c1. The van der Waals surface area contributed by atoms with Gasteiger partial charge in [-0.3, -0.25) is 9.59 Å². The third-order valence-electron chi connectivity index (χ3n) is 4.10. The second-order valence-corrected chi connectivity index (χ2v) is 6.72. The van der Waals surface area contributed by atoms with E-state index < -0.39 is 5.97 Å². The molecule has 0 aliphatic heterocycles. The maximum atomic E-state index is 12.5. The van der Waals surface area contributed by atoms with Crippen LogP contribution in [0.4, 0.5) is 5.69 Å². The van der Waals surface area contributed by atoms with Gasteiger partial charge in [0.25, 0.3) is 5.91 Å². The van der Waals surface area contributed by atoms with Gasteiger partial charge in [-0.05, 0) is 60.7 Å². The van der Waals surface area contributed by atoms with E-state index in [-0.39, 0.29) is 5.91 Å². The number of fused-ring (bicyclic) bond motifs is 1. The first-order valence-corrected chi connectivity index (χ1v) is 9.12. The average molecular weight is 407 g/mol. The van der Waals surface area contributed by atoms with Crippen LogP contribution in [0.1, 0.15) is 17.3 Å². The van der Waals surface area contributed by atoms with Gasteiger partial charge >= 0.3 is 5.97 Å². The Labute approximate surface area is 171 Å². The van der Waals surface area contributed by atoms with Crippen LogP contribution < -0.4 is 10.1 Å². The summed E-state index contributed by atoms with van der Waals surface area (Å²) < 4.78 is 10.8. The molecule has 1 amide bonds. The highest BCUT2D eigenvalue weighted by molar-refractivity contribution is 6.31. The van der Waals surface area contributed by atoms with E-state index in [1.807, 2.05) is 0 Å². The molecule has 0 unspecified atom stereocenters. The van der Waals surface area contributed by atoms with E-state index in [0.29, 0.717) is 39.0 Å². The molecule has 4 aromatic rings. The molecule has 0 atom stereocenters. The Morgan fingerprint density at radius 3 is 2.59 bits per heavy atom. The lowest BCUT2D eigenvalue weighted by Gasteiger charge is -2.07. The smallest absolute Gasteiger partial charge is 0.308 e. The lowest BCUT2D eigenvalue weighted by atomic mass is 10.1. The molecule has 29 heavy (non-hydrogen) atoms. The Kier molecular flexibility index (Phi) is 5.01. The Morgan fingerprint density at radius 2 is 1.83 bits per heavy atom. The molecule has 0 fully saturated rings. The third-order valence-corrected chi connectivity index (χ3v) is 4.33. The highest BCUT2D eigenvalue weighted by Gasteiger charge is 2.11. The fraction of sp³-hybridized carbons (Fsp3) is 0.0455. The molecule has 1 aromatic heterocycles. The molecule has 0 spiro atoms.